The Morgan fingerprint density at radius 2 is 2.06 bits per heavy atom. The Balaban J connectivity index is 2.70. The molecular formula is C13H21N3O. The van der Waals surface area contributed by atoms with E-state index in [9.17, 15) is 4.79 Å². The van der Waals surface area contributed by atoms with Crippen molar-refractivity contribution in [1.29, 1.82) is 0 Å². The molecule has 0 aliphatic rings. The van der Waals surface area contributed by atoms with Crippen molar-refractivity contribution in [3.63, 3.8) is 0 Å². The predicted octanol–water partition coefficient (Wildman–Crippen LogP) is 1.33. The highest BCUT2D eigenvalue weighted by Crippen LogP contribution is 2.16. The fourth-order valence-corrected chi connectivity index (χ4v) is 1.55. The molecule has 1 rings (SSSR count). The average Bonchev–Trinajstić information content (AvgIpc) is 2.28. The normalized spacial score (nSPS) is 10.4. The van der Waals surface area contributed by atoms with E-state index in [4.69, 9.17) is 0 Å². The number of carbonyl (C=O) groups excluding carboxylic acids is 1. The van der Waals surface area contributed by atoms with Gasteiger partial charge in [-0.1, -0.05) is 11.6 Å². The van der Waals surface area contributed by atoms with Gasteiger partial charge in [0, 0.05) is 25.8 Å². The number of hydrogen-bond acceptors (Lipinski definition) is 3. The van der Waals surface area contributed by atoms with E-state index in [1.807, 2.05) is 51.2 Å². The van der Waals surface area contributed by atoms with Gasteiger partial charge in [0.1, 0.15) is 0 Å². The second-order valence-corrected chi connectivity index (χ2v) is 4.36. The van der Waals surface area contributed by atoms with Crippen LogP contribution in [0.5, 0.6) is 0 Å². The van der Waals surface area contributed by atoms with Crippen LogP contribution in [0.3, 0.4) is 0 Å². The Bertz CT molecular complexity index is 388. The third-order valence-corrected chi connectivity index (χ3v) is 2.53. The Labute approximate surface area is 103 Å². The largest absolute Gasteiger partial charge is 0.387 e. The maximum atomic E-state index is 12.0. The molecule has 2 N–H and O–H groups in total. The minimum absolute atomic E-state index is 0.0279. The lowest BCUT2D eigenvalue weighted by molar-refractivity contribution is 0.0952. The Morgan fingerprint density at radius 3 is 2.65 bits per heavy atom. The van der Waals surface area contributed by atoms with Gasteiger partial charge in [0.15, 0.2) is 0 Å². The monoisotopic (exact) mass is 235 g/mol. The minimum atomic E-state index is -0.0279. The molecule has 0 fully saturated rings. The average molecular weight is 235 g/mol. The first-order valence-electron chi connectivity index (χ1n) is 5.76. The first-order valence-corrected chi connectivity index (χ1v) is 5.76. The van der Waals surface area contributed by atoms with Crippen molar-refractivity contribution in [1.82, 2.24) is 10.2 Å². The smallest absolute Gasteiger partial charge is 0.253 e. The summed E-state index contributed by atoms with van der Waals surface area (Å²) in [5, 5.41) is 5.94. The maximum absolute atomic E-state index is 12.0. The molecule has 0 saturated heterocycles. The number of aryl methyl sites for hydroxylation is 1. The lowest BCUT2D eigenvalue weighted by Gasteiger charge is -2.13. The van der Waals surface area contributed by atoms with Crippen LogP contribution in [0, 0.1) is 6.92 Å². The zero-order chi connectivity index (χ0) is 12.8. The molecule has 0 aliphatic carbocycles. The van der Waals surface area contributed by atoms with E-state index in [2.05, 4.69) is 10.6 Å². The lowest BCUT2D eigenvalue weighted by Crippen LogP contribution is -2.31. The number of carbonyl (C=O) groups is 1. The third kappa shape index (κ3) is 4.07. The number of likely N-dealkylation sites (N-methyl/N-ethyl adjacent to an activating group) is 1. The molecule has 1 aromatic carbocycles. The molecule has 0 radical (unpaired) electrons. The molecule has 0 saturated carbocycles. The molecule has 1 amide bonds. The van der Waals surface area contributed by atoms with Crippen LogP contribution < -0.4 is 10.6 Å². The molecule has 0 spiro atoms. The van der Waals surface area contributed by atoms with Gasteiger partial charge in [-0.3, -0.25) is 4.79 Å². The van der Waals surface area contributed by atoms with Crippen LogP contribution in [-0.4, -0.2) is 45.0 Å². The molecule has 17 heavy (non-hydrogen) atoms. The molecule has 1 aromatic rings. The lowest BCUT2D eigenvalue weighted by atomic mass is 10.1. The summed E-state index contributed by atoms with van der Waals surface area (Å²) in [6.45, 7) is 3.48. The maximum Gasteiger partial charge on any atom is 0.253 e. The third-order valence-electron chi connectivity index (χ3n) is 2.53. The van der Waals surface area contributed by atoms with Gasteiger partial charge in [0.25, 0.3) is 5.91 Å². The zero-order valence-electron chi connectivity index (χ0n) is 11.0. The van der Waals surface area contributed by atoms with E-state index in [1.165, 1.54) is 0 Å². The van der Waals surface area contributed by atoms with Crippen molar-refractivity contribution in [2.24, 2.45) is 0 Å². The summed E-state index contributed by atoms with van der Waals surface area (Å²) in [5.74, 6) is -0.0279. The van der Waals surface area contributed by atoms with Gasteiger partial charge < -0.3 is 15.5 Å². The molecule has 0 aromatic heterocycles. The SMILES string of the molecule is CNc1ccc(C)cc1C(=O)NCCN(C)C. The van der Waals surface area contributed by atoms with Crippen molar-refractivity contribution >= 4 is 11.6 Å². The first-order chi connectivity index (χ1) is 8.04. The summed E-state index contributed by atoms with van der Waals surface area (Å²) < 4.78 is 0. The van der Waals surface area contributed by atoms with Crippen molar-refractivity contribution < 1.29 is 4.79 Å². The van der Waals surface area contributed by atoms with Gasteiger partial charge in [-0.05, 0) is 33.2 Å². The summed E-state index contributed by atoms with van der Waals surface area (Å²) in [5.41, 5.74) is 2.64. The molecule has 0 heterocycles. The fourth-order valence-electron chi connectivity index (χ4n) is 1.55. The molecule has 0 unspecified atom stereocenters. The quantitative estimate of drug-likeness (QED) is 0.809. The highest BCUT2D eigenvalue weighted by molar-refractivity contribution is 5.99. The number of rotatable bonds is 5. The van der Waals surface area contributed by atoms with Crippen molar-refractivity contribution in [2.75, 3.05) is 39.5 Å². The van der Waals surface area contributed by atoms with E-state index in [0.717, 1.165) is 17.8 Å². The molecule has 4 heteroatoms. The Kier molecular flexibility index (Phi) is 4.97. The highest BCUT2D eigenvalue weighted by Gasteiger charge is 2.10. The van der Waals surface area contributed by atoms with Crippen LogP contribution in [0.25, 0.3) is 0 Å². The van der Waals surface area contributed by atoms with Gasteiger partial charge in [0.05, 0.1) is 5.56 Å². The van der Waals surface area contributed by atoms with E-state index in [1.54, 1.807) is 0 Å². The van der Waals surface area contributed by atoms with Gasteiger partial charge in [-0.25, -0.2) is 0 Å². The molecule has 0 bridgehead atoms. The number of nitrogens with zero attached hydrogens (tertiary/aromatic N) is 1. The molecule has 0 aliphatic heterocycles. The predicted molar refractivity (Wildman–Crippen MR) is 71.6 cm³/mol. The van der Waals surface area contributed by atoms with Crippen LogP contribution in [-0.2, 0) is 0 Å². The number of anilines is 1. The van der Waals surface area contributed by atoms with E-state index >= 15 is 0 Å². The Hall–Kier alpha value is -1.55. The highest BCUT2D eigenvalue weighted by atomic mass is 16.1. The van der Waals surface area contributed by atoms with E-state index in [-0.39, 0.29) is 5.91 Å². The van der Waals surface area contributed by atoms with Crippen LogP contribution in [0.2, 0.25) is 0 Å². The molecule has 94 valence electrons. The molecule has 4 nitrogen and oxygen atoms in total. The molecule has 0 atom stereocenters. The standard InChI is InChI=1S/C13H21N3O/c1-10-5-6-12(14-2)11(9-10)13(17)15-7-8-16(3)4/h5-6,9,14H,7-8H2,1-4H3,(H,15,17). The van der Waals surface area contributed by atoms with E-state index < -0.39 is 0 Å². The number of hydrogen-bond donors (Lipinski definition) is 2. The van der Waals surface area contributed by atoms with Gasteiger partial charge in [-0.15, -0.1) is 0 Å². The molecular weight excluding hydrogens is 214 g/mol. The van der Waals surface area contributed by atoms with Crippen molar-refractivity contribution in [2.45, 2.75) is 6.92 Å². The summed E-state index contributed by atoms with van der Waals surface area (Å²) in [6, 6.07) is 5.81. The van der Waals surface area contributed by atoms with Crippen LogP contribution in [0.1, 0.15) is 15.9 Å². The Morgan fingerprint density at radius 1 is 1.35 bits per heavy atom. The number of nitrogens with one attached hydrogen (secondary N) is 2. The second-order valence-electron chi connectivity index (χ2n) is 4.36. The summed E-state index contributed by atoms with van der Waals surface area (Å²) in [4.78, 5) is 14.0. The van der Waals surface area contributed by atoms with Crippen molar-refractivity contribution in [3.05, 3.63) is 29.3 Å². The fraction of sp³-hybridized carbons (Fsp3) is 0.462. The summed E-state index contributed by atoms with van der Waals surface area (Å²) in [7, 11) is 5.79. The van der Waals surface area contributed by atoms with Gasteiger partial charge in [-0.2, -0.15) is 0 Å². The van der Waals surface area contributed by atoms with Gasteiger partial charge in [0.2, 0.25) is 0 Å². The van der Waals surface area contributed by atoms with E-state index in [0.29, 0.717) is 12.1 Å². The second kappa shape index (κ2) is 6.25. The van der Waals surface area contributed by atoms with Crippen LogP contribution in [0.15, 0.2) is 18.2 Å². The zero-order valence-corrected chi connectivity index (χ0v) is 11.0. The summed E-state index contributed by atoms with van der Waals surface area (Å²) >= 11 is 0. The van der Waals surface area contributed by atoms with Crippen LogP contribution in [0.4, 0.5) is 5.69 Å². The van der Waals surface area contributed by atoms with Crippen molar-refractivity contribution in [3.8, 4) is 0 Å². The number of amides is 1. The minimum Gasteiger partial charge on any atom is -0.387 e. The summed E-state index contributed by atoms with van der Waals surface area (Å²) in [6.07, 6.45) is 0. The van der Waals surface area contributed by atoms with Crippen LogP contribution >= 0.6 is 0 Å². The van der Waals surface area contributed by atoms with Gasteiger partial charge >= 0.3 is 0 Å². The number of benzene rings is 1. The first kappa shape index (κ1) is 13.5. The topological polar surface area (TPSA) is 44.4 Å².